The molecular formula is C11H8ClF3N4O2. The molecule has 0 aromatic carbocycles. The maximum atomic E-state index is 12.5. The van der Waals surface area contributed by atoms with E-state index in [-0.39, 0.29) is 23.1 Å². The summed E-state index contributed by atoms with van der Waals surface area (Å²) in [5, 5.41) is 3.65. The van der Waals surface area contributed by atoms with Gasteiger partial charge in [0.1, 0.15) is 6.33 Å². The van der Waals surface area contributed by atoms with Crippen molar-refractivity contribution in [1.29, 1.82) is 0 Å². The van der Waals surface area contributed by atoms with Gasteiger partial charge in [-0.3, -0.25) is 4.98 Å². The highest BCUT2D eigenvalue weighted by Gasteiger charge is 2.31. The van der Waals surface area contributed by atoms with Gasteiger partial charge in [-0.25, -0.2) is 14.5 Å². The van der Waals surface area contributed by atoms with Gasteiger partial charge in [0.15, 0.2) is 0 Å². The van der Waals surface area contributed by atoms with Crippen LogP contribution in [0.4, 0.5) is 13.2 Å². The van der Waals surface area contributed by atoms with Gasteiger partial charge in [0.2, 0.25) is 0 Å². The molecule has 0 aliphatic carbocycles. The van der Waals surface area contributed by atoms with Crippen LogP contribution in [-0.2, 0) is 17.5 Å². The molecule has 0 aliphatic heterocycles. The fourth-order valence-electron chi connectivity index (χ4n) is 1.45. The maximum Gasteiger partial charge on any atom is 0.417 e. The highest BCUT2D eigenvalue weighted by atomic mass is 35.5. The van der Waals surface area contributed by atoms with Gasteiger partial charge >= 0.3 is 12.1 Å². The summed E-state index contributed by atoms with van der Waals surface area (Å²) >= 11 is 5.77. The van der Waals surface area contributed by atoms with Crippen molar-refractivity contribution in [3.05, 3.63) is 40.7 Å². The number of alkyl halides is 3. The van der Waals surface area contributed by atoms with E-state index in [4.69, 9.17) is 11.6 Å². The van der Waals surface area contributed by atoms with Crippen molar-refractivity contribution in [3.63, 3.8) is 0 Å². The second kappa shape index (κ2) is 5.68. The smallest absolute Gasteiger partial charge is 0.417 e. The van der Waals surface area contributed by atoms with Crippen LogP contribution in [0, 0.1) is 0 Å². The lowest BCUT2D eigenvalue weighted by atomic mass is 10.2. The molecule has 0 radical (unpaired) electrons. The number of aromatic nitrogens is 4. The van der Waals surface area contributed by atoms with Crippen molar-refractivity contribution in [3.8, 4) is 0 Å². The van der Waals surface area contributed by atoms with Crippen molar-refractivity contribution in [1.82, 2.24) is 19.7 Å². The van der Waals surface area contributed by atoms with E-state index < -0.39 is 17.7 Å². The second-order valence-electron chi connectivity index (χ2n) is 3.91. The number of nitrogens with zero attached hydrogens (tertiary/aromatic N) is 4. The number of methoxy groups -OCH3 is 1. The summed E-state index contributed by atoms with van der Waals surface area (Å²) in [5.41, 5.74) is -0.768. The zero-order valence-electron chi connectivity index (χ0n) is 10.6. The fraction of sp³-hybridized carbons (Fsp3) is 0.273. The van der Waals surface area contributed by atoms with Crippen LogP contribution in [0.1, 0.15) is 21.9 Å². The average molecular weight is 321 g/mol. The van der Waals surface area contributed by atoms with Gasteiger partial charge < -0.3 is 4.74 Å². The lowest BCUT2D eigenvalue weighted by Crippen LogP contribution is -2.10. The van der Waals surface area contributed by atoms with Crippen LogP contribution in [0.5, 0.6) is 0 Å². The molecule has 21 heavy (non-hydrogen) atoms. The van der Waals surface area contributed by atoms with Crippen molar-refractivity contribution in [2.75, 3.05) is 7.11 Å². The van der Waals surface area contributed by atoms with Gasteiger partial charge in [0, 0.05) is 6.20 Å². The second-order valence-corrected chi connectivity index (χ2v) is 4.31. The van der Waals surface area contributed by atoms with Gasteiger partial charge in [-0.15, -0.1) is 5.10 Å². The van der Waals surface area contributed by atoms with Crippen LogP contribution in [0.3, 0.4) is 0 Å². The van der Waals surface area contributed by atoms with E-state index >= 15 is 0 Å². The quantitative estimate of drug-likeness (QED) is 0.811. The Bertz CT molecular complexity index is 672. The third-order valence-corrected chi connectivity index (χ3v) is 2.79. The Morgan fingerprint density at radius 1 is 1.43 bits per heavy atom. The first-order chi connectivity index (χ1) is 9.81. The van der Waals surface area contributed by atoms with E-state index in [1.807, 2.05) is 0 Å². The summed E-state index contributed by atoms with van der Waals surface area (Å²) in [6.45, 7) is -0.0268. The Morgan fingerprint density at radius 3 is 2.71 bits per heavy atom. The Balaban J connectivity index is 2.20. The summed E-state index contributed by atoms with van der Waals surface area (Å²) in [6, 6.07) is 0.780. The molecule has 0 unspecified atom stereocenters. The summed E-state index contributed by atoms with van der Waals surface area (Å²) in [7, 11) is 1.18. The van der Waals surface area contributed by atoms with Gasteiger partial charge in [-0.1, -0.05) is 11.6 Å². The first-order valence-corrected chi connectivity index (χ1v) is 5.88. The fourth-order valence-corrected chi connectivity index (χ4v) is 1.67. The minimum Gasteiger partial charge on any atom is -0.463 e. The molecule has 112 valence electrons. The van der Waals surface area contributed by atoms with Crippen molar-refractivity contribution >= 4 is 17.6 Å². The van der Waals surface area contributed by atoms with Gasteiger partial charge in [0.05, 0.1) is 29.9 Å². The lowest BCUT2D eigenvalue weighted by molar-refractivity contribution is -0.137. The molecule has 0 fully saturated rings. The molecule has 2 rings (SSSR count). The number of hydrogen-bond acceptors (Lipinski definition) is 5. The van der Waals surface area contributed by atoms with Crippen LogP contribution < -0.4 is 0 Å². The highest BCUT2D eigenvalue weighted by molar-refractivity contribution is 6.31. The van der Waals surface area contributed by atoms with E-state index in [1.54, 1.807) is 0 Å². The number of halogens is 4. The molecule has 0 atom stereocenters. The van der Waals surface area contributed by atoms with Crippen LogP contribution in [0.2, 0.25) is 5.02 Å². The van der Waals surface area contributed by atoms with Crippen LogP contribution >= 0.6 is 11.6 Å². The van der Waals surface area contributed by atoms with Crippen LogP contribution in [0.15, 0.2) is 18.6 Å². The monoisotopic (exact) mass is 320 g/mol. The first-order valence-electron chi connectivity index (χ1n) is 5.50. The molecular weight excluding hydrogens is 313 g/mol. The van der Waals surface area contributed by atoms with Gasteiger partial charge in [-0.2, -0.15) is 13.2 Å². The van der Waals surface area contributed by atoms with Gasteiger partial charge in [0.25, 0.3) is 5.82 Å². The predicted molar refractivity (Wildman–Crippen MR) is 64.7 cm³/mol. The first kappa shape index (κ1) is 15.2. The van der Waals surface area contributed by atoms with E-state index in [2.05, 4.69) is 19.8 Å². The molecule has 0 aliphatic rings. The van der Waals surface area contributed by atoms with Crippen molar-refractivity contribution in [2.45, 2.75) is 12.7 Å². The molecule has 0 saturated carbocycles. The van der Waals surface area contributed by atoms with Crippen LogP contribution in [-0.4, -0.2) is 32.8 Å². The molecule has 0 amide bonds. The van der Waals surface area contributed by atoms with E-state index in [1.165, 1.54) is 18.1 Å². The largest absolute Gasteiger partial charge is 0.463 e. The molecule has 0 spiro atoms. The molecule has 6 nitrogen and oxygen atoms in total. The number of pyridine rings is 1. The van der Waals surface area contributed by atoms with E-state index in [9.17, 15) is 18.0 Å². The van der Waals surface area contributed by atoms with Crippen molar-refractivity contribution < 1.29 is 22.7 Å². The normalized spacial score (nSPS) is 11.5. The minimum absolute atomic E-state index is 0.0268. The molecule has 2 aromatic heterocycles. The number of hydrogen-bond donors (Lipinski definition) is 0. The maximum absolute atomic E-state index is 12.5. The van der Waals surface area contributed by atoms with Crippen LogP contribution in [0.25, 0.3) is 0 Å². The van der Waals surface area contributed by atoms with E-state index in [0.29, 0.717) is 6.20 Å². The standard InChI is InChI=1S/C11H8ClF3N4O2/c1-21-10(20)9-17-5-19(18-9)4-8-7(12)2-6(3-16-8)11(13,14)15/h2-3,5H,4H2,1H3. The molecule has 0 saturated heterocycles. The molecule has 0 bridgehead atoms. The Labute approximate surface area is 121 Å². The summed E-state index contributed by atoms with van der Waals surface area (Å²) < 4.78 is 43.1. The number of esters is 1. The Hall–Kier alpha value is -2.16. The number of carbonyl (C=O) groups is 1. The summed E-state index contributed by atoms with van der Waals surface area (Å²) in [5.74, 6) is -0.888. The Morgan fingerprint density at radius 2 is 2.14 bits per heavy atom. The molecule has 10 heteroatoms. The van der Waals surface area contributed by atoms with E-state index in [0.717, 1.165) is 6.07 Å². The average Bonchev–Trinajstić information content (AvgIpc) is 2.87. The van der Waals surface area contributed by atoms with Crippen molar-refractivity contribution in [2.24, 2.45) is 0 Å². The highest BCUT2D eigenvalue weighted by Crippen LogP contribution is 2.31. The molecule has 0 N–H and O–H groups in total. The third-order valence-electron chi connectivity index (χ3n) is 2.46. The lowest BCUT2D eigenvalue weighted by Gasteiger charge is -2.08. The number of carbonyl (C=O) groups excluding carboxylic acids is 1. The zero-order valence-corrected chi connectivity index (χ0v) is 11.3. The summed E-state index contributed by atoms with van der Waals surface area (Å²) in [4.78, 5) is 18.5. The third kappa shape index (κ3) is 3.48. The van der Waals surface area contributed by atoms with Gasteiger partial charge in [-0.05, 0) is 6.07 Å². The molecule has 2 heterocycles. The number of rotatable bonds is 3. The summed E-state index contributed by atoms with van der Waals surface area (Å²) in [6.07, 6.45) is -2.61. The Kier molecular flexibility index (Phi) is 4.12. The minimum atomic E-state index is -4.51. The topological polar surface area (TPSA) is 69.9 Å². The zero-order chi connectivity index (χ0) is 15.6. The number of ether oxygens (including phenoxy) is 1. The molecule has 2 aromatic rings. The SMILES string of the molecule is COC(=O)c1ncn(Cc2ncc(C(F)(F)F)cc2Cl)n1. The predicted octanol–water partition coefficient (Wildman–Crippen LogP) is 2.18.